The molecule has 1 amide bonds. The summed E-state index contributed by atoms with van der Waals surface area (Å²) in [6, 6.07) is 0.110. The van der Waals surface area contributed by atoms with E-state index in [1.807, 2.05) is 20.8 Å². The van der Waals surface area contributed by atoms with Gasteiger partial charge in [0.25, 0.3) is 0 Å². The van der Waals surface area contributed by atoms with E-state index < -0.39 is 5.97 Å². The number of aromatic nitrogens is 3. The Balaban J connectivity index is 2.77. The Bertz CT molecular complexity index is 468. The van der Waals surface area contributed by atoms with Gasteiger partial charge >= 0.3 is 5.97 Å². The zero-order valence-corrected chi connectivity index (χ0v) is 12.5. The molecule has 20 heavy (non-hydrogen) atoms. The fourth-order valence-corrected chi connectivity index (χ4v) is 1.85. The maximum absolute atomic E-state index is 11.6. The Hall–Kier alpha value is -1.92. The van der Waals surface area contributed by atoms with E-state index >= 15 is 0 Å². The molecule has 0 saturated carbocycles. The number of nitrogens with zero attached hydrogens (tertiary/aromatic N) is 3. The molecule has 7 nitrogen and oxygen atoms in total. The largest absolute Gasteiger partial charge is 0.464 e. The van der Waals surface area contributed by atoms with E-state index in [1.165, 1.54) is 7.11 Å². The second-order valence-corrected chi connectivity index (χ2v) is 4.82. The first-order valence-corrected chi connectivity index (χ1v) is 6.79. The number of aryl methyl sites for hydroxylation is 1. The van der Waals surface area contributed by atoms with Crippen molar-refractivity contribution in [3.63, 3.8) is 0 Å². The lowest BCUT2D eigenvalue weighted by atomic mass is 10.2. The van der Waals surface area contributed by atoms with Crippen LogP contribution >= 0.6 is 0 Å². The smallest absolute Gasteiger partial charge is 0.360 e. The summed E-state index contributed by atoms with van der Waals surface area (Å²) >= 11 is 0. The van der Waals surface area contributed by atoms with Crippen LogP contribution in [0.25, 0.3) is 0 Å². The van der Waals surface area contributed by atoms with Crippen LogP contribution in [0.1, 0.15) is 49.8 Å². The summed E-state index contributed by atoms with van der Waals surface area (Å²) in [4.78, 5) is 23.2. The monoisotopic (exact) mass is 282 g/mol. The van der Waals surface area contributed by atoms with Gasteiger partial charge in [0.1, 0.15) is 0 Å². The minimum Gasteiger partial charge on any atom is -0.464 e. The van der Waals surface area contributed by atoms with Gasteiger partial charge in [0, 0.05) is 12.5 Å². The number of carbonyl (C=O) groups is 2. The summed E-state index contributed by atoms with van der Waals surface area (Å²) in [5.74, 6) is -0.538. The molecule has 0 spiro atoms. The molecule has 1 rings (SSSR count). The van der Waals surface area contributed by atoms with Crippen LogP contribution in [0.5, 0.6) is 0 Å². The predicted molar refractivity (Wildman–Crippen MR) is 73.3 cm³/mol. The van der Waals surface area contributed by atoms with Gasteiger partial charge in [-0.2, -0.15) is 0 Å². The van der Waals surface area contributed by atoms with Crippen molar-refractivity contribution in [1.82, 2.24) is 20.3 Å². The molecule has 1 aromatic rings. The number of rotatable bonds is 7. The van der Waals surface area contributed by atoms with Crippen molar-refractivity contribution in [3.05, 3.63) is 11.4 Å². The van der Waals surface area contributed by atoms with Crippen LogP contribution in [0.4, 0.5) is 0 Å². The van der Waals surface area contributed by atoms with E-state index in [4.69, 9.17) is 0 Å². The fourth-order valence-electron chi connectivity index (χ4n) is 1.85. The number of ether oxygens (including phenoxy) is 1. The SMILES string of the molecule is CCCc1c(C(=O)OC)nnn1CCC(=O)NC(C)C. The van der Waals surface area contributed by atoms with E-state index in [-0.39, 0.29) is 17.6 Å². The summed E-state index contributed by atoms with van der Waals surface area (Å²) in [7, 11) is 1.31. The first kappa shape index (κ1) is 16.1. The average molecular weight is 282 g/mol. The van der Waals surface area contributed by atoms with Gasteiger partial charge in [-0.05, 0) is 20.3 Å². The third kappa shape index (κ3) is 4.32. The van der Waals surface area contributed by atoms with Crippen molar-refractivity contribution in [3.8, 4) is 0 Å². The summed E-state index contributed by atoms with van der Waals surface area (Å²) in [6.07, 6.45) is 1.83. The number of carbonyl (C=O) groups excluding carboxylic acids is 2. The molecule has 0 radical (unpaired) electrons. The topological polar surface area (TPSA) is 86.1 Å². The molecule has 0 aliphatic rings. The van der Waals surface area contributed by atoms with Gasteiger partial charge in [-0.1, -0.05) is 18.6 Å². The normalized spacial score (nSPS) is 10.7. The van der Waals surface area contributed by atoms with Crippen LogP contribution in [-0.4, -0.2) is 40.0 Å². The van der Waals surface area contributed by atoms with Crippen LogP contribution in [0.3, 0.4) is 0 Å². The fraction of sp³-hybridized carbons (Fsp3) is 0.692. The van der Waals surface area contributed by atoms with Gasteiger partial charge in [0.15, 0.2) is 5.69 Å². The zero-order chi connectivity index (χ0) is 15.1. The van der Waals surface area contributed by atoms with Crippen LogP contribution in [-0.2, 0) is 22.5 Å². The molecule has 1 aromatic heterocycles. The van der Waals surface area contributed by atoms with Crippen molar-refractivity contribution >= 4 is 11.9 Å². The molecule has 0 atom stereocenters. The Kier molecular flexibility index (Phi) is 6.14. The summed E-state index contributed by atoms with van der Waals surface area (Å²) in [5.41, 5.74) is 0.954. The highest BCUT2D eigenvalue weighted by Crippen LogP contribution is 2.10. The molecular formula is C13H22N4O3. The third-order valence-corrected chi connectivity index (χ3v) is 2.70. The predicted octanol–water partition coefficient (Wildman–Crippen LogP) is 0.932. The zero-order valence-electron chi connectivity index (χ0n) is 12.5. The molecule has 0 aromatic carbocycles. The minimum atomic E-state index is -0.494. The van der Waals surface area contributed by atoms with Gasteiger partial charge in [0.05, 0.1) is 19.3 Å². The van der Waals surface area contributed by atoms with Crippen LogP contribution in [0, 0.1) is 0 Å². The van der Waals surface area contributed by atoms with E-state index in [0.717, 1.165) is 12.1 Å². The van der Waals surface area contributed by atoms with Gasteiger partial charge in [-0.15, -0.1) is 5.10 Å². The van der Waals surface area contributed by atoms with E-state index in [1.54, 1.807) is 4.68 Å². The molecular weight excluding hydrogens is 260 g/mol. The Morgan fingerprint density at radius 2 is 2.10 bits per heavy atom. The second-order valence-electron chi connectivity index (χ2n) is 4.82. The molecule has 0 aliphatic carbocycles. The number of hydrogen-bond acceptors (Lipinski definition) is 5. The van der Waals surface area contributed by atoms with Crippen LogP contribution in [0.2, 0.25) is 0 Å². The number of nitrogens with one attached hydrogen (secondary N) is 1. The van der Waals surface area contributed by atoms with Gasteiger partial charge in [-0.25, -0.2) is 9.48 Å². The van der Waals surface area contributed by atoms with Gasteiger partial charge in [0.2, 0.25) is 5.91 Å². The average Bonchev–Trinajstić information content (AvgIpc) is 2.78. The Labute approximate surface area is 118 Å². The first-order valence-electron chi connectivity index (χ1n) is 6.79. The summed E-state index contributed by atoms with van der Waals surface area (Å²) in [6.45, 7) is 6.22. The Morgan fingerprint density at radius 3 is 2.65 bits per heavy atom. The van der Waals surface area contributed by atoms with E-state index in [9.17, 15) is 9.59 Å². The molecule has 0 unspecified atom stereocenters. The number of esters is 1. The standard InChI is InChI=1S/C13H22N4O3/c1-5-6-10-12(13(19)20-4)15-16-17(10)8-7-11(18)14-9(2)3/h9H,5-8H2,1-4H3,(H,14,18). The summed E-state index contributed by atoms with van der Waals surface area (Å²) < 4.78 is 6.29. The summed E-state index contributed by atoms with van der Waals surface area (Å²) in [5, 5.41) is 10.6. The highest BCUT2D eigenvalue weighted by molar-refractivity contribution is 5.88. The van der Waals surface area contributed by atoms with Crippen molar-refractivity contribution in [2.45, 2.75) is 52.6 Å². The Morgan fingerprint density at radius 1 is 1.40 bits per heavy atom. The molecule has 1 heterocycles. The van der Waals surface area contributed by atoms with Crippen molar-refractivity contribution in [2.24, 2.45) is 0 Å². The highest BCUT2D eigenvalue weighted by Gasteiger charge is 2.19. The van der Waals surface area contributed by atoms with Crippen molar-refractivity contribution < 1.29 is 14.3 Å². The van der Waals surface area contributed by atoms with Crippen LogP contribution < -0.4 is 5.32 Å². The molecule has 0 aliphatic heterocycles. The molecule has 112 valence electrons. The molecule has 0 saturated heterocycles. The molecule has 7 heteroatoms. The number of amides is 1. The van der Waals surface area contributed by atoms with Crippen molar-refractivity contribution in [1.29, 1.82) is 0 Å². The maximum atomic E-state index is 11.6. The molecule has 1 N–H and O–H groups in total. The first-order chi connectivity index (χ1) is 9.49. The third-order valence-electron chi connectivity index (χ3n) is 2.70. The van der Waals surface area contributed by atoms with E-state index in [2.05, 4.69) is 20.4 Å². The molecule has 0 bridgehead atoms. The van der Waals surface area contributed by atoms with Gasteiger partial charge < -0.3 is 10.1 Å². The lowest BCUT2D eigenvalue weighted by molar-refractivity contribution is -0.121. The van der Waals surface area contributed by atoms with Crippen molar-refractivity contribution in [2.75, 3.05) is 7.11 Å². The minimum absolute atomic E-state index is 0.0439. The molecule has 0 fully saturated rings. The number of methoxy groups -OCH3 is 1. The maximum Gasteiger partial charge on any atom is 0.360 e. The highest BCUT2D eigenvalue weighted by atomic mass is 16.5. The number of hydrogen-bond donors (Lipinski definition) is 1. The second kappa shape index (κ2) is 7.62. The van der Waals surface area contributed by atoms with Crippen LogP contribution in [0.15, 0.2) is 0 Å². The quantitative estimate of drug-likeness (QED) is 0.752. The lowest BCUT2D eigenvalue weighted by Crippen LogP contribution is -2.31. The lowest BCUT2D eigenvalue weighted by Gasteiger charge is -2.09. The van der Waals surface area contributed by atoms with Gasteiger partial charge in [-0.3, -0.25) is 4.79 Å². The van der Waals surface area contributed by atoms with E-state index in [0.29, 0.717) is 19.4 Å².